The number of rotatable bonds is 31. The van der Waals surface area contributed by atoms with Crippen LogP contribution in [0.1, 0.15) is 226 Å². The predicted molar refractivity (Wildman–Crippen MR) is 435 cm³/mol. The lowest BCUT2D eigenvalue weighted by molar-refractivity contribution is -0.115. The third-order valence-electron chi connectivity index (χ3n) is 22.2. The van der Waals surface area contributed by atoms with E-state index in [0.717, 1.165) is 113 Å². The van der Waals surface area contributed by atoms with E-state index in [4.69, 9.17) is 57.2 Å². The maximum atomic E-state index is 12.8. The number of carbonyl (C=O) groups excluding carboxylic acids is 3. The van der Waals surface area contributed by atoms with Crippen molar-refractivity contribution in [3.05, 3.63) is 165 Å². The summed E-state index contributed by atoms with van der Waals surface area (Å²) in [5.74, 6) is 6.24. The van der Waals surface area contributed by atoms with Crippen molar-refractivity contribution in [2.45, 2.75) is 206 Å². The molecule has 5 aliphatic rings. The summed E-state index contributed by atoms with van der Waals surface area (Å²) >= 11 is 13.5. The molecule has 0 unspecified atom stereocenters. The number of hydrogen-bond acceptors (Lipinski definition) is 15. The number of aryl methyl sites for hydroxylation is 2. The molecule has 5 saturated carbocycles. The summed E-state index contributed by atoms with van der Waals surface area (Å²) in [5, 5.41) is 31.2. The van der Waals surface area contributed by atoms with E-state index in [0.29, 0.717) is 92.7 Å². The van der Waals surface area contributed by atoms with Gasteiger partial charge >= 0.3 is 5.97 Å². The molecule has 6 heterocycles. The maximum Gasteiger partial charge on any atom is 0.337 e. The Morgan fingerprint density at radius 3 is 1.86 bits per heavy atom. The van der Waals surface area contributed by atoms with Crippen LogP contribution in [0.4, 0.5) is 17.1 Å². The van der Waals surface area contributed by atoms with Crippen molar-refractivity contribution < 1.29 is 41.7 Å². The van der Waals surface area contributed by atoms with Crippen LogP contribution in [0.3, 0.4) is 0 Å². The molecule has 588 valence electrons. The molecule has 111 heavy (non-hydrogen) atoms. The van der Waals surface area contributed by atoms with E-state index in [1.54, 1.807) is 62.4 Å². The number of nitrogens with zero attached hydrogens (tertiary/aromatic N) is 9. The van der Waals surface area contributed by atoms with Gasteiger partial charge in [-0.05, 0) is 186 Å². The zero-order valence-corrected chi connectivity index (χ0v) is 67.4. The van der Waals surface area contributed by atoms with Gasteiger partial charge in [0.2, 0.25) is 21.6 Å². The lowest BCUT2D eigenvalue weighted by atomic mass is 9.49. The third-order valence-corrected chi connectivity index (χ3v) is 24.3. The van der Waals surface area contributed by atoms with Gasteiger partial charge in [0.05, 0.1) is 54.9 Å². The number of methoxy groups -OCH3 is 2. The molecule has 2 amide bonds. The monoisotopic (exact) mass is 1570 g/mol. The number of ether oxygens (including phenoxy) is 4. The SMILES string of the molecule is CCC(=O)Nc1ccc(OCCCc2nc3c(Cl)c(C45CC6CC(CC(C6)C4)C5)[nH]n3n2)cc1.CCC1(c2[nH]n3nc(-c4cccc(NC(=O)c5ccccc5C)c4)nc3c2Oc2ccc(C(=O)OC)cc2)CC1.CCCCCCCCCCCCS(=O)(=O)Nc1cc(-c2nc3c(Cl)c(C(C)(C)C)[nH]n3n2)ccc1OC. The molecule has 0 saturated heterocycles. The van der Waals surface area contributed by atoms with Gasteiger partial charge in [0, 0.05) is 57.2 Å². The fourth-order valence-electron chi connectivity index (χ4n) is 16.3. The summed E-state index contributed by atoms with van der Waals surface area (Å²) in [6, 6.07) is 34.4. The molecule has 27 heteroatoms. The number of benzene rings is 5. The van der Waals surface area contributed by atoms with Gasteiger partial charge in [-0.1, -0.05) is 153 Å². The first-order valence-electron chi connectivity index (χ1n) is 39.3. The number of unbranched alkanes of at least 4 members (excludes halogenated alkanes) is 9. The van der Waals surface area contributed by atoms with Crippen molar-refractivity contribution in [3.63, 3.8) is 0 Å². The summed E-state index contributed by atoms with van der Waals surface area (Å²) in [5.41, 5.74) is 10.1. The molecule has 11 aromatic rings. The minimum absolute atomic E-state index is 0.00243. The van der Waals surface area contributed by atoms with Crippen LogP contribution in [-0.4, -0.2) is 112 Å². The van der Waals surface area contributed by atoms with Gasteiger partial charge in [-0.25, -0.2) is 28.2 Å². The van der Waals surface area contributed by atoms with E-state index in [1.807, 2.05) is 80.6 Å². The van der Waals surface area contributed by atoms with Gasteiger partial charge < -0.3 is 29.6 Å². The maximum absolute atomic E-state index is 12.8. The Hall–Kier alpha value is -9.72. The van der Waals surface area contributed by atoms with Crippen LogP contribution in [0.25, 0.3) is 39.7 Å². The normalized spacial score (nSPS) is 17.5. The van der Waals surface area contributed by atoms with E-state index < -0.39 is 16.0 Å². The van der Waals surface area contributed by atoms with E-state index in [2.05, 4.69) is 80.5 Å². The number of halogens is 2. The number of aromatic amines is 3. The number of fused-ring (bicyclic) bond motifs is 3. The van der Waals surface area contributed by atoms with Crippen molar-refractivity contribution in [3.8, 4) is 45.8 Å². The van der Waals surface area contributed by atoms with Crippen molar-refractivity contribution in [2.24, 2.45) is 17.8 Å². The lowest BCUT2D eigenvalue weighted by Crippen LogP contribution is -2.48. The highest BCUT2D eigenvalue weighted by Crippen LogP contribution is 2.62. The van der Waals surface area contributed by atoms with Gasteiger partial charge in [0.15, 0.2) is 34.5 Å². The minimum Gasteiger partial charge on any atom is -0.495 e. The molecular weight excluding hydrogens is 1470 g/mol. The van der Waals surface area contributed by atoms with Crippen LogP contribution in [0, 0.1) is 24.7 Å². The van der Waals surface area contributed by atoms with Crippen LogP contribution in [0.5, 0.6) is 23.0 Å². The Labute approximate surface area is 658 Å². The molecule has 24 nitrogen and oxygen atoms in total. The summed E-state index contributed by atoms with van der Waals surface area (Å²) in [7, 11) is -0.652. The fraction of sp³-hybridized carbons (Fsp3) is 0.464. The Kier molecular flexibility index (Phi) is 24.7. The number of H-pyrrole nitrogens is 3. The van der Waals surface area contributed by atoms with Crippen molar-refractivity contribution in [2.75, 3.05) is 41.9 Å². The molecule has 0 atom stereocenters. The largest absolute Gasteiger partial charge is 0.495 e. The zero-order valence-electron chi connectivity index (χ0n) is 65.0. The summed E-state index contributed by atoms with van der Waals surface area (Å²) in [6.45, 7) is 14.9. The van der Waals surface area contributed by atoms with E-state index in [9.17, 15) is 22.8 Å². The van der Waals surface area contributed by atoms with Crippen LogP contribution in [0.2, 0.25) is 10.0 Å². The standard InChI is InChI=1S/C31H29N5O4.C27H42ClN5O3S.C26H32ClN5O2/c1-4-31(16-17-31)26-25(40-23-14-12-20(13-15-23)30(38)39-3)28-33-27(35-36(28)34-26)21-9-7-10-22(18-21)32-29(37)24-11-6-5-8-19(24)2;1-6-7-8-9-10-11-12-13-14-15-18-37(34,35)32-21-19-20(16-17-22(21)36-5)25-29-26-23(28)24(27(2,3)4)30-33(26)31-25;1-2-22(33)28-19-5-7-20(8-6-19)34-9-3-4-21-29-25-23(27)24(31-32(25)30-21)26-13-16-10-17(14-26)12-18(11-16)15-26/h5-15,18,34H,4,16-17H2,1-3H3,(H,32,37);16-17,19,30,32H,6-15,18H2,1-5H3;5-8,16-18,31H,2-4,9-15H2,1H3,(H,28,33). The minimum atomic E-state index is -3.52. The zero-order chi connectivity index (χ0) is 78.2. The Balaban J connectivity index is 0.000000146. The van der Waals surface area contributed by atoms with Crippen molar-refractivity contribution in [1.82, 2.24) is 59.4 Å². The van der Waals surface area contributed by atoms with Crippen LogP contribution in [0.15, 0.2) is 115 Å². The second kappa shape index (κ2) is 34.5. The Morgan fingerprint density at radius 1 is 0.631 bits per heavy atom. The first-order valence-corrected chi connectivity index (χ1v) is 41.7. The van der Waals surface area contributed by atoms with E-state index >= 15 is 0 Å². The number of esters is 1. The molecule has 0 spiro atoms. The summed E-state index contributed by atoms with van der Waals surface area (Å²) < 4.78 is 55.7. The highest BCUT2D eigenvalue weighted by Gasteiger charge is 2.54. The van der Waals surface area contributed by atoms with Gasteiger partial charge in [-0.2, -0.15) is 9.26 Å². The molecule has 6 N–H and O–H groups in total. The number of hydrogen-bond donors (Lipinski definition) is 6. The van der Waals surface area contributed by atoms with Gasteiger partial charge in [0.25, 0.3) is 5.91 Å². The molecule has 0 radical (unpaired) electrons. The molecular formula is C84H103Cl2N15O9S. The number of nitrogens with one attached hydrogen (secondary N) is 6. The third kappa shape index (κ3) is 18.6. The summed E-state index contributed by atoms with van der Waals surface area (Å²) in [6.07, 6.45) is 24.6. The summed E-state index contributed by atoms with van der Waals surface area (Å²) in [4.78, 5) is 50.3. The van der Waals surface area contributed by atoms with Gasteiger partial charge in [0.1, 0.15) is 27.3 Å². The molecule has 5 aliphatic carbocycles. The molecule has 0 aliphatic heterocycles. The Bertz CT molecular complexity index is 5170. The first kappa shape index (κ1) is 79.4. The second-order valence-electron chi connectivity index (χ2n) is 31.5. The molecule has 6 aromatic heterocycles. The van der Waals surface area contributed by atoms with Crippen LogP contribution in [-0.2, 0) is 42.2 Å². The fourth-order valence-corrected chi connectivity index (χ4v) is 18.3. The molecule has 16 rings (SSSR count). The number of anilines is 3. The van der Waals surface area contributed by atoms with Crippen LogP contribution >= 0.6 is 23.2 Å². The Morgan fingerprint density at radius 2 is 1.24 bits per heavy atom. The number of aromatic nitrogens is 12. The quantitative estimate of drug-likeness (QED) is 0.0174. The highest BCUT2D eigenvalue weighted by atomic mass is 35.5. The first-order chi connectivity index (χ1) is 53.5. The average molecular weight is 1570 g/mol. The van der Waals surface area contributed by atoms with Crippen LogP contribution < -0.4 is 29.6 Å². The number of sulfonamides is 1. The predicted octanol–water partition coefficient (Wildman–Crippen LogP) is 19.2. The van der Waals surface area contributed by atoms with E-state index in [1.165, 1.54) is 103 Å². The van der Waals surface area contributed by atoms with Crippen molar-refractivity contribution >= 4 is 85.0 Å². The topological polar surface area (TPSA) is 296 Å². The molecule has 4 bridgehead atoms. The smallest absolute Gasteiger partial charge is 0.337 e. The number of carbonyl (C=O) groups is 3. The second-order valence-corrected chi connectivity index (χ2v) is 34.1. The van der Waals surface area contributed by atoms with E-state index in [-0.39, 0.29) is 33.8 Å². The highest BCUT2D eigenvalue weighted by molar-refractivity contribution is 7.92. The lowest BCUT2D eigenvalue weighted by Gasteiger charge is -2.56. The molecule has 5 aromatic carbocycles. The average Bonchev–Trinajstić information content (AvgIpc) is 1.63. The molecule has 5 fully saturated rings. The van der Waals surface area contributed by atoms with Crippen molar-refractivity contribution in [1.29, 1.82) is 0 Å². The van der Waals surface area contributed by atoms with Gasteiger partial charge in [-0.15, -0.1) is 19.9 Å². The number of amides is 2. The van der Waals surface area contributed by atoms with Gasteiger partial charge in [-0.3, -0.25) is 29.6 Å².